The summed E-state index contributed by atoms with van der Waals surface area (Å²) in [6, 6.07) is 3.66. The van der Waals surface area contributed by atoms with Crippen LogP contribution in [0, 0.1) is 13.8 Å². The zero-order chi connectivity index (χ0) is 14.2. The van der Waals surface area contributed by atoms with Crippen LogP contribution in [0.15, 0.2) is 16.6 Å². The van der Waals surface area contributed by atoms with E-state index in [1.807, 2.05) is 19.9 Å². The number of halogens is 1. The third kappa shape index (κ3) is 2.92. The van der Waals surface area contributed by atoms with E-state index in [0.29, 0.717) is 18.4 Å². The van der Waals surface area contributed by atoms with Gasteiger partial charge in [0.2, 0.25) is 0 Å². The van der Waals surface area contributed by atoms with Gasteiger partial charge in [0.25, 0.3) is 0 Å². The van der Waals surface area contributed by atoms with Crippen LogP contribution < -0.4 is 0 Å². The Kier molecular flexibility index (Phi) is 4.16. The van der Waals surface area contributed by atoms with Crippen LogP contribution in [-0.2, 0) is 9.84 Å². The van der Waals surface area contributed by atoms with Crippen LogP contribution in [0.4, 0.5) is 0 Å². The zero-order valence-corrected chi connectivity index (χ0v) is 13.5. The molecule has 1 aromatic carbocycles. The normalized spacial score (nSPS) is 22.2. The van der Waals surface area contributed by atoms with Crippen molar-refractivity contribution in [3.05, 3.63) is 33.3 Å². The molecule has 5 heteroatoms. The number of rotatable bonds is 2. The average Bonchev–Trinajstić information content (AvgIpc) is 2.32. The van der Waals surface area contributed by atoms with E-state index in [4.69, 9.17) is 0 Å². The van der Waals surface area contributed by atoms with Crippen molar-refractivity contribution in [2.75, 3.05) is 5.75 Å². The summed E-state index contributed by atoms with van der Waals surface area (Å²) in [5.41, 5.74) is 2.31. The highest BCUT2D eigenvalue weighted by Crippen LogP contribution is 2.27. The molecule has 1 fully saturated rings. The van der Waals surface area contributed by atoms with Crippen LogP contribution >= 0.6 is 15.9 Å². The van der Waals surface area contributed by atoms with Gasteiger partial charge in [-0.15, -0.1) is 0 Å². The van der Waals surface area contributed by atoms with Crippen LogP contribution in [0.1, 0.15) is 40.7 Å². The molecule has 0 aromatic heterocycles. The van der Waals surface area contributed by atoms with Crippen molar-refractivity contribution in [3.8, 4) is 0 Å². The first-order valence-electron chi connectivity index (χ1n) is 6.35. The molecule has 1 saturated heterocycles. The predicted molar refractivity (Wildman–Crippen MR) is 79.4 cm³/mol. The molecule has 0 amide bonds. The highest BCUT2D eigenvalue weighted by Gasteiger charge is 2.35. The van der Waals surface area contributed by atoms with Crippen molar-refractivity contribution in [3.63, 3.8) is 0 Å². The van der Waals surface area contributed by atoms with Gasteiger partial charge < -0.3 is 0 Å². The number of hydrogen-bond donors (Lipinski definition) is 0. The fraction of sp³-hybridized carbons (Fsp3) is 0.500. The Labute approximate surface area is 122 Å². The third-order valence-electron chi connectivity index (χ3n) is 3.64. The van der Waals surface area contributed by atoms with E-state index in [9.17, 15) is 13.2 Å². The first-order chi connectivity index (χ1) is 8.83. The van der Waals surface area contributed by atoms with Crippen molar-refractivity contribution in [2.45, 2.75) is 38.4 Å². The van der Waals surface area contributed by atoms with Crippen LogP contribution in [0.25, 0.3) is 0 Å². The molecule has 19 heavy (non-hydrogen) atoms. The Morgan fingerprint density at radius 3 is 2.53 bits per heavy atom. The number of benzene rings is 1. The molecule has 1 aliphatic heterocycles. The lowest BCUT2D eigenvalue weighted by atomic mass is 9.98. The van der Waals surface area contributed by atoms with Crippen molar-refractivity contribution in [1.29, 1.82) is 0 Å². The molecule has 1 aliphatic rings. The predicted octanol–water partition coefficient (Wildman–Crippen LogP) is 3.22. The van der Waals surface area contributed by atoms with E-state index in [1.165, 1.54) is 0 Å². The number of sulfone groups is 1. The number of hydrogen-bond acceptors (Lipinski definition) is 3. The van der Waals surface area contributed by atoms with Crippen molar-refractivity contribution in [1.82, 2.24) is 0 Å². The first kappa shape index (κ1) is 14.7. The standard InChI is InChI=1S/C14H17BrO3S/c1-9-8-12(15)10(2)7-11(9)14(16)13-5-3-4-6-19(13,17)18/h7-8,13H,3-6H2,1-2H3. The monoisotopic (exact) mass is 344 g/mol. The summed E-state index contributed by atoms with van der Waals surface area (Å²) >= 11 is 3.42. The Morgan fingerprint density at radius 2 is 1.89 bits per heavy atom. The molecule has 0 radical (unpaired) electrons. The summed E-state index contributed by atoms with van der Waals surface area (Å²) < 4.78 is 25.0. The fourth-order valence-electron chi connectivity index (χ4n) is 2.47. The number of Topliss-reactive ketones (excluding diaryl/α,β-unsaturated/α-hetero) is 1. The molecule has 3 nitrogen and oxygen atoms in total. The smallest absolute Gasteiger partial charge is 0.181 e. The highest BCUT2D eigenvalue weighted by molar-refractivity contribution is 9.10. The molecule has 1 heterocycles. The van der Waals surface area contributed by atoms with Crippen molar-refractivity contribution >= 4 is 31.6 Å². The summed E-state index contributed by atoms with van der Waals surface area (Å²) in [6.07, 6.45) is 1.93. The van der Waals surface area contributed by atoms with Gasteiger partial charge in [-0.3, -0.25) is 4.79 Å². The van der Waals surface area contributed by atoms with Crippen LogP contribution in [0.3, 0.4) is 0 Å². The number of aryl methyl sites for hydroxylation is 2. The van der Waals surface area contributed by atoms with E-state index < -0.39 is 15.1 Å². The number of carbonyl (C=O) groups is 1. The Bertz CT molecular complexity index is 620. The van der Waals surface area contributed by atoms with Gasteiger partial charge in [-0.1, -0.05) is 22.4 Å². The minimum atomic E-state index is -3.27. The topological polar surface area (TPSA) is 51.2 Å². The maximum absolute atomic E-state index is 12.5. The maximum atomic E-state index is 12.5. The summed E-state index contributed by atoms with van der Waals surface area (Å²) in [4.78, 5) is 12.5. The van der Waals surface area contributed by atoms with E-state index >= 15 is 0 Å². The first-order valence-corrected chi connectivity index (χ1v) is 8.86. The molecular weight excluding hydrogens is 328 g/mol. The molecule has 1 unspecified atom stereocenters. The van der Waals surface area contributed by atoms with Gasteiger partial charge in [0.05, 0.1) is 5.75 Å². The molecule has 2 rings (SSSR count). The SMILES string of the molecule is Cc1cc(C(=O)C2CCCCS2(=O)=O)c(C)cc1Br. The van der Waals surface area contributed by atoms with E-state index in [2.05, 4.69) is 15.9 Å². The minimum absolute atomic E-state index is 0.137. The molecule has 1 aromatic rings. The fourth-order valence-corrected chi connectivity index (χ4v) is 4.80. The molecule has 0 spiro atoms. The van der Waals surface area contributed by atoms with Gasteiger partial charge in [0, 0.05) is 10.0 Å². The zero-order valence-electron chi connectivity index (χ0n) is 11.1. The summed E-state index contributed by atoms with van der Waals surface area (Å²) in [7, 11) is -3.27. The summed E-state index contributed by atoms with van der Waals surface area (Å²) in [6.45, 7) is 3.74. The Hall–Kier alpha value is -0.680. The minimum Gasteiger partial charge on any atom is -0.293 e. The molecular formula is C14H17BrO3S. The van der Waals surface area contributed by atoms with Gasteiger partial charge in [0.15, 0.2) is 15.6 Å². The van der Waals surface area contributed by atoms with Crippen molar-refractivity contribution in [2.24, 2.45) is 0 Å². The van der Waals surface area contributed by atoms with Gasteiger partial charge >= 0.3 is 0 Å². The van der Waals surface area contributed by atoms with Gasteiger partial charge in [-0.05, 0) is 49.9 Å². The lowest BCUT2D eigenvalue weighted by Crippen LogP contribution is -2.35. The maximum Gasteiger partial charge on any atom is 0.181 e. The number of carbonyl (C=O) groups excluding carboxylic acids is 1. The lowest BCUT2D eigenvalue weighted by molar-refractivity contribution is 0.0981. The lowest BCUT2D eigenvalue weighted by Gasteiger charge is -2.22. The summed E-state index contributed by atoms with van der Waals surface area (Å²) in [5.74, 6) is -0.106. The quantitative estimate of drug-likeness (QED) is 0.774. The molecule has 0 saturated carbocycles. The average molecular weight is 345 g/mol. The number of ketones is 1. The van der Waals surface area contributed by atoms with Gasteiger partial charge in [0.1, 0.15) is 5.25 Å². The molecule has 0 aliphatic carbocycles. The largest absolute Gasteiger partial charge is 0.293 e. The van der Waals surface area contributed by atoms with E-state index in [-0.39, 0.29) is 11.5 Å². The Balaban J connectivity index is 2.42. The second-order valence-corrected chi connectivity index (χ2v) is 8.29. The van der Waals surface area contributed by atoms with Gasteiger partial charge in [-0.25, -0.2) is 8.42 Å². The highest BCUT2D eigenvalue weighted by atomic mass is 79.9. The second-order valence-electron chi connectivity index (χ2n) is 5.13. The summed E-state index contributed by atoms with van der Waals surface area (Å²) in [5, 5.41) is -0.847. The van der Waals surface area contributed by atoms with E-state index in [0.717, 1.165) is 22.0 Å². The molecule has 104 valence electrons. The van der Waals surface area contributed by atoms with E-state index in [1.54, 1.807) is 6.07 Å². The Morgan fingerprint density at radius 1 is 1.21 bits per heavy atom. The third-order valence-corrected chi connectivity index (χ3v) is 6.67. The van der Waals surface area contributed by atoms with Crippen LogP contribution in [0.5, 0.6) is 0 Å². The molecule has 0 bridgehead atoms. The van der Waals surface area contributed by atoms with Crippen LogP contribution in [-0.4, -0.2) is 25.2 Å². The van der Waals surface area contributed by atoms with Crippen molar-refractivity contribution < 1.29 is 13.2 Å². The molecule has 1 atom stereocenters. The van der Waals surface area contributed by atoms with Gasteiger partial charge in [-0.2, -0.15) is 0 Å². The second kappa shape index (κ2) is 5.37. The van der Waals surface area contributed by atoms with Crippen LogP contribution in [0.2, 0.25) is 0 Å². The molecule has 0 N–H and O–H groups in total.